The SMILES string of the molecule is Cc1nn(-c2ccccc2)c(Cl)c1C(=O)N[C@H](C)[C@@H]1C[C@H]2CC[C@H]1C2. The smallest absolute Gasteiger partial charge is 0.256 e. The Morgan fingerprint density at radius 2 is 2.04 bits per heavy atom. The molecule has 1 aromatic carbocycles. The van der Waals surface area contributed by atoms with E-state index in [4.69, 9.17) is 11.6 Å². The van der Waals surface area contributed by atoms with Gasteiger partial charge in [-0.3, -0.25) is 4.79 Å². The van der Waals surface area contributed by atoms with Gasteiger partial charge in [0.1, 0.15) is 5.15 Å². The number of hydrogen-bond donors (Lipinski definition) is 1. The number of hydrogen-bond acceptors (Lipinski definition) is 2. The number of para-hydroxylation sites is 1. The highest BCUT2D eigenvalue weighted by Gasteiger charge is 2.42. The maximum absolute atomic E-state index is 12.9. The number of fused-ring (bicyclic) bond motifs is 2. The van der Waals surface area contributed by atoms with E-state index in [0.29, 0.717) is 22.3 Å². The number of carbonyl (C=O) groups is 1. The zero-order valence-electron chi connectivity index (χ0n) is 14.7. The van der Waals surface area contributed by atoms with Crippen LogP contribution in [0.3, 0.4) is 0 Å². The molecular weight excluding hydrogens is 334 g/mol. The molecule has 2 fully saturated rings. The standard InChI is InChI=1S/C20H24ClN3O/c1-12(17-11-14-8-9-15(17)10-14)22-20(25)18-13(2)23-24(19(18)21)16-6-4-3-5-7-16/h3-7,12,14-15,17H,8-11H2,1-2H3,(H,22,25)/t12-,14+,15+,17+/m1/s1. The number of halogens is 1. The van der Waals surface area contributed by atoms with Crippen molar-refractivity contribution in [2.75, 3.05) is 0 Å². The van der Waals surface area contributed by atoms with Crippen molar-refractivity contribution >= 4 is 17.5 Å². The van der Waals surface area contributed by atoms with Gasteiger partial charge in [0, 0.05) is 6.04 Å². The van der Waals surface area contributed by atoms with Crippen LogP contribution >= 0.6 is 11.6 Å². The summed E-state index contributed by atoms with van der Waals surface area (Å²) in [5.74, 6) is 2.15. The number of aryl methyl sites for hydroxylation is 1. The highest BCUT2D eigenvalue weighted by atomic mass is 35.5. The summed E-state index contributed by atoms with van der Waals surface area (Å²) < 4.78 is 1.63. The molecule has 1 aromatic heterocycles. The van der Waals surface area contributed by atoms with Crippen molar-refractivity contribution in [1.82, 2.24) is 15.1 Å². The third-order valence-corrected chi connectivity index (χ3v) is 6.37. The number of rotatable bonds is 4. The van der Waals surface area contributed by atoms with E-state index in [0.717, 1.165) is 17.5 Å². The van der Waals surface area contributed by atoms with Crippen LogP contribution in [0.1, 0.15) is 48.7 Å². The van der Waals surface area contributed by atoms with Gasteiger partial charge in [0.25, 0.3) is 5.91 Å². The van der Waals surface area contributed by atoms with Crippen molar-refractivity contribution in [3.05, 3.63) is 46.7 Å². The normalized spacial score (nSPS) is 26.0. The topological polar surface area (TPSA) is 46.9 Å². The highest BCUT2D eigenvalue weighted by Crippen LogP contribution is 2.49. The molecule has 2 aromatic rings. The molecule has 2 aliphatic rings. The van der Waals surface area contributed by atoms with Gasteiger partial charge in [-0.25, -0.2) is 4.68 Å². The lowest BCUT2D eigenvalue weighted by molar-refractivity contribution is 0.0915. The minimum Gasteiger partial charge on any atom is -0.349 e. The second-order valence-corrected chi connectivity index (χ2v) is 7.96. The van der Waals surface area contributed by atoms with E-state index in [-0.39, 0.29) is 11.9 Å². The summed E-state index contributed by atoms with van der Waals surface area (Å²) in [5, 5.41) is 8.04. The second kappa shape index (κ2) is 6.49. The van der Waals surface area contributed by atoms with E-state index in [1.165, 1.54) is 25.7 Å². The fourth-order valence-corrected chi connectivity index (χ4v) is 5.15. The lowest BCUT2D eigenvalue weighted by Gasteiger charge is -2.28. The number of aromatic nitrogens is 2. The van der Waals surface area contributed by atoms with Gasteiger partial charge in [0.05, 0.1) is 16.9 Å². The first-order valence-corrected chi connectivity index (χ1v) is 9.53. The van der Waals surface area contributed by atoms with Crippen LogP contribution in [0.15, 0.2) is 30.3 Å². The van der Waals surface area contributed by atoms with Gasteiger partial charge in [0.2, 0.25) is 0 Å². The van der Waals surface area contributed by atoms with Crippen molar-refractivity contribution in [3.8, 4) is 5.69 Å². The van der Waals surface area contributed by atoms with E-state index >= 15 is 0 Å². The average molecular weight is 358 g/mol. The third kappa shape index (κ3) is 2.97. The number of carbonyl (C=O) groups excluding carboxylic acids is 1. The molecule has 4 nitrogen and oxygen atoms in total. The number of nitrogens with zero attached hydrogens (tertiary/aromatic N) is 2. The van der Waals surface area contributed by atoms with Crippen LogP contribution in [-0.2, 0) is 0 Å². The molecule has 0 spiro atoms. The van der Waals surface area contributed by atoms with E-state index in [1.54, 1.807) is 4.68 Å². The molecule has 1 amide bonds. The molecule has 0 unspecified atom stereocenters. The van der Waals surface area contributed by atoms with Crippen molar-refractivity contribution in [2.24, 2.45) is 17.8 Å². The predicted octanol–water partition coefficient (Wildman–Crippen LogP) is 4.39. The molecule has 2 saturated carbocycles. The third-order valence-electron chi connectivity index (χ3n) is 6.03. The largest absolute Gasteiger partial charge is 0.349 e. The summed E-state index contributed by atoms with van der Waals surface area (Å²) >= 11 is 6.50. The predicted molar refractivity (Wildman–Crippen MR) is 99.2 cm³/mol. The van der Waals surface area contributed by atoms with Crippen molar-refractivity contribution < 1.29 is 4.79 Å². The Balaban J connectivity index is 1.53. The molecule has 4 rings (SSSR count). The molecular formula is C20H24ClN3O. The molecule has 0 radical (unpaired) electrons. The fraction of sp³-hybridized carbons (Fsp3) is 0.500. The van der Waals surface area contributed by atoms with Crippen molar-refractivity contribution in [3.63, 3.8) is 0 Å². The quantitative estimate of drug-likeness (QED) is 0.882. The molecule has 1 N–H and O–H groups in total. The molecule has 5 heteroatoms. The summed E-state index contributed by atoms with van der Waals surface area (Å²) in [6.45, 7) is 3.97. The second-order valence-electron chi connectivity index (χ2n) is 7.60. The Kier molecular flexibility index (Phi) is 4.32. The number of benzene rings is 1. The van der Waals surface area contributed by atoms with Gasteiger partial charge in [-0.2, -0.15) is 5.10 Å². The van der Waals surface area contributed by atoms with E-state index < -0.39 is 0 Å². The van der Waals surface area contributed by atoms with Crippen LogP contribution in [0.4, 0.5) is 0 Å². The van der Waals surface area contributed by atoms with Crippen LogP contribution in [0.2, 0.25) is 5.15 Å². The van der Waals surface area contributed by atoms with Crippen LogP contribution in [-0.4, -0.2) is 21.7 Å². The van der Waals surface area contributed by atoms with Crippen LogP contribution in [0.25, 0.3) is 5.69 Å². The Labute approximate surface area is 153 Å². The first-order valence-electron chi connectivity index (χ1n) is 9.16. The molecule has 0 saturated heterocycles. The van der Waals surface area contributed by atoms with Gasteiger partial charge >= 0.3 is 0 Å². The Morgan fingerprint density at radius 1 is 1.28 bits per heavy atom. The maximum atomic E-state index is 12.9. The summed E-state index contributed by atoms with van der Waals surface area (Å²) in [5.41, 5.74) is 2.00. The summed E-state index contributed by atoms with van der Waals surface area (Å²) in [6, 6.07) is 9.84. The van der Waals surface area contributed by atoms with Gasteiger partial charge in [-0.1, -0.05) is 36.2 Å². The molecule has 2 bridgehead atoms. The minimum atomic E-state index is -0.111. The lowest BCUT2D eigenvalue weighted by atomic mass is 9.84. The van der Waals surface area contributed by atoms with E-state index in [1.807, 2.05) is 37.3 Å². The molecule has 0 aliphatic heterocycles. The first kappa shape index (κ1) is 16.6. The summed E-state index contributed by atoms with van der Waals surface area (Å²) in [6.07, 6.45) is 5.29. The zero-order valence-corrected chi connectivity index (χ0v) is 15.5. The number of nitrogens with one attached hydrogen (secondary N) is 1. The van der Waals surface area contributed by atoms with Crippen LogP contribution in [0, 0.1) is 24.7 Å². The monoisotopic (exact) mass is 357 g/mol. The Bertz CT molecular complexity index is 786. The average Bonchev–Trinajstić information content (AvgIpc) is 3.30. The zero-order chi connectivity index (χ0) is 17.6. The number of amides is 1. The van der Waals surface area contributed by atoms with E-state index in [2.05, 4.69) is 17.3 Å². The molecule has 1 heterocycles. The minimum absolute atomic E-state index is 0.111. The molecule has 2 aliphatic carbocycles. The molecule has 132 valence electrons. The Hall–Kier alpha value is -1.81. The fourth-order valence-electron chi connectivity index (χ4n) is 4.79. The van der Waals surface area contributed by atoms with E-state index in [9.17, 15) is 4.79 Å². The summed E-state index contributed by atoms with van der Waals surface area (Å²) in [4.78, 5) is 12.9. The van der Waals surface area contributed by atoms with Gasteiger partial charge in [-0.05, 0) is 63.0 Å². The highest BCUT2D eigenvalue weighted by molar-refractivity contribution is 6.33. The summed E-state index contributed by atoms with van der Waals surface area (Å²) in [7, 11) is 0. The van der Waals surface area contributed by atoms with Crippen molar-refractivity contribution in [2.45, 2.75) is 45.6 Å². The maximum Gasteiger partial charge on any atom is 0.256 e. The first-order chi connectivity index (χ1) is 12.0. The molecule has 4 atom stereocenters. The van der Waals surface area contributed by atoms with Crippen LogP contribution < -0.4 is 5.32 Å². The Morgan fingerprint density at radius 3 is 2.68 bits per heavy atom. The van der Waals surface area contributed by atoms with Gasteiger partial charge < -0.3 is 5.32 Å². The lowest BCUT2D eigenvalue weighted by Crippen LogP contribution is -2.40. The van der Waals surface area contributed by atoms with Crippen LogP contribution in [0.5, 0.6) is 0 Å². The van der Waals surface area contributed by atoms with Crippen molar-refractivity contribution in [1.29, 1.82) is 0 Å². The molecule has 25 heavy (non-hydrogen) atoms. The van der Waals surface area contributed by atoms with Gasteiger partial charge in [0.15, 0.2) is 0 Å². The van der Waals surface area contributed by atoms with Gasteiger partial charge in [-0.15, -0.1) is 0 Å².